The van der Waals surface area contributed by atoms with E-state index in [1.54, 1.807) is 32.9 Å². The van der Waals surface area contributed by atoms with Gasteiger partial charge in [0.25, 0.3) is 11.8 Å². The van der Waals surface area contributed by atoms with Gasteiger partial charge in [0.2, 0.25) is 5.91 Å². The van der Waals surface area contributed by atoms with Gasteiger partial charge in [-0.3, -0.25) is 19.3 Å². The fourth-order valence-corrected chi connectivity index (χ4v) is 11.6. The summed E-state index contributed by atoms with van der Waals surface area (Å²) in [6.07, 6.45) is 0.780. The Morgan fingerprint density at radius 3 is 2.38 bits per heavy atom. The maximum atomic E-state index is 15.1. The van der Waals surface area contributed by atoms with Crippen LogP contribution in [0.2, 0.25) is 18.6 Å². The number of carbonyl (C=O) groups excluding carboxylic acids is 3. The first-order valence-corrected chi connectivity index (χ1v) is 21.1. The number of rotatable bonds is 7. The minimum Gasteiger partial charge on any atom is -0.454 e. The van der Waals surface area contributed by atoms with E-state index in [4.69, 9.17) is 9.47 Å². The number of fused-ring (bicyclic) bond motifs is 4. The van der Waals surface area contributed by atoms with Crippen molar-refractivity contribution >= 4 is 43.1 Å². The maximum Gasteiger partial charge on any atom is 0.266 e. The fraction of sp³-hybridized carbons (Fsp3) is 0.341. The molecule has 8 rings (SSSR count). The van der Waals surface area contributed by atoms with Gasteiger partial charge in [-0.25, -0.2) is 0 Å². The Morgan fingerprint density at radius 2 is 1.63 bits per heavy atom. The molecular formula is C41H43N3O7Si. The zero-order valence-electron chi connectivity index (χ0n) is 29.6. The van der Waals surface area contributed by atoms with Crippen molar-refractivity contribution in [1.29, 1.82) is 0 Å². The van der Waals surface area contributed by atoms with Crippen LogP contribution in [0.15, 0.2) is 97.1 Å². The summed E-state index contributed by atoms with van der Waals surface area (Å²) in [5.41, 5.74) is 1.66. The molecule has 0 aliphatic carbocycles. The van der Waals surface area contributed by atoms with E-state index in [-0.39, 0.29) is 43.3 Å². The second-order valence-electron chi connectivity index (χ2n) is 14.9. The van der Waals surface area contributed by atoms with E-state index in [0.29, 0.717) is 46.2 Å². The second kappa shape index (κ2) is 13.0. The van der Waals surface area contributed by atoms with Gasteiger partial charge < -0.3 is 29.2 Å². The third-order valence-electron chi connectivity index (χ3n) is 11.3. The smallest absolute Gasteiger partial charge is 0.266 e. The summed E-state index contributed by atoms with van der Waals surface area (Å²) in [4.78, 5) is 60.3. The van der Waals surface area contributed by atoms with Gasteiger partial charge >= 0.3 is 0 Å². The number of benzene rings is 4. The van der Waals surface area contributed by atoms with Crippen LogP contribution in [0.4, 0.5) is 17.1 Å². The lowest BCUT2D eigenvalue weighted by atomic mass is 9.82. The van der Waals surface area contributed by atoms with E-state index in [9.17, 15) is 19.5 Å². The largest absolute Gasteiger partial charge is 0.454 e. The normalized spacial score (nSPS) is 25.2. The molecule has 2 saturated heterocycles. The second-order valence-corrected chi connectivity index (χ2v) is 18.9. The molecule has 4 aromatic rings. The van der Waals surface area contributed by atoms with Gasteiger partial charge in [0.05, 0.1) is 48.7 Å². The molecule has 2 N–H and O–H groups in total. The van der Waals surface area contributed by atoms with Crippen LogP contribution in [-0.4, -0.2) is 66.1 Å². The van der Waals surface area contributed by atoms with Crippen LogP contribution in [0.3, 0.4) is 0 Å². The van der Waals surface area contributed by atoms with E-state index in [0.717, 1.165) is 18.4 Å². The van der Waals surface area contributed by atoms with E-state index in [1.807, 2.05) is 98.9 Å². The Kier molecular flexibility index (Phi) is 8.57. The Hall–Kier alpha value is -4.81. The highest BCUT2D eigenvalue weighted by Crippen LogP contribution is 2.60. The van der Waals surface area contributed by atoms with Crippen molar-refractivity contribution in [3.63, 3.8) is 0 Å². The average molecular weight is 718 g/mol. The number of ether oxygens (including phenoxy) is 2. The number of hydrogen-bond donors (Lipinski definition) is 2. The molecule has 52 heavy (non-hydrogen) atoms. The van der Waals surface area contributed by atoms with Crippen LogP contribution in [-0.2, 0) is 26.5 Å². The number of likely N-dealkylation sites (tertiary alicyclic amines) is 1. The molecule has 4 aliphatic heterocycles. The highest BCUT2D eigenvalue weighted by Gasteiger charge is 2.66. The fourth-order valence-electron chi connectivity index (χ4n) is 9.04. The number of amides is 3. The van der Waals surface area contributed by atoms with Crippen molar-refractivity contribution in [2.24, 2.45) is 5.92 Å². The molecule has 11 heteroatoms. The zero-order chi connectivity index (χ0) is 36.4. The Balaban J connectivity index is 1.27. The molecule has 10 nitrogen and oxygen atoms in total. The summed E-state index contributed by atoms with van der Waals surface area (Å²) in [7, 11) is -3.07. The molecule has 4 aliphatic rings. The van der Waals surface area contributed by atoms with E-state index in [2.05, 4.69) is 0 Å². The molecule has 1 spiro atoms. The van der Waals surface area contributed by atoms with Crippen molar-refractivity contribution in [3.05, 3.63) is 114 Å². The van der Waals surface area contributed by atoms with Gasteiger partial charge in [-0.1, -0.05) is 61.5 Å². The Bertz CT molecular complexity index is 2050. The zero-order valence-corrected chi connectivity index (χ0v) is 30.6. The van der Waals surface area contributed by atoms with Crippen molar-refractivity contribution in [2.75, 3.05) is 23.0 Å². The van der Waals surface area contributed by atoms with Crippen LogP contribution >= 0.6 is 0 Å². The Labute approximate surface area is 304 Å². The lowest BCUT2D eigenvalue weighted by Crippen LogP contribution is -2.46. The van der Waals surface area contributed by atoms with E-state index < -0.39 is 31.5 Å². The molecule has 0 saturated carbocycles. The first-order valence-electron chi connectivity index (χ1n) is 18.0. The summed E-state index contributed by atoms with van der Waals surface area (Å²) < 4.78 is 13.3. The van der Waals surface area contributed by atoms with Crippen LogP contribution in [0, 0.1) is 5.92 Å². The van der Waals surface area contributed by atoms with E-state index in [1.165, 1.54) is 0 Å². The van der Waals surface area contributed by atoms with Crippen LogP contribution < -0.4 is 14.5 Å². The third kappa shape index (κ3) is 5.45. The lowest BCUT2D eigenvalue weighted by molar-refractivity contribution is -0.150. The maximum absolute atomic E-state index is 15.1. The summed E-state index contributed by atoms with van der Waals surface area (Å²) in [6, 6.07) is 29.6. The van der Waals surface area contributed by atoms with Gasteiger partial charge in [0, 0.05) is 29.3 Å². The molecule has 2 fully saturated rings. The minimum atomic E-state index is -3.07. The van der Waals surface area contributed by atoms with Crippen molar-refractivity contribution in [3.8, 4) is 11.5 Å². The number of aliphatic hydroxyl groups excluding tert-OH is 1. The summed E-state index contributed by atoms with van der Waals surface area (Å²) in [6.45, 7) is 6.35. The average Bonchev–Trinajstić information content (AvgIpc) is 3.77. The predicted octanol–water partition coefficient (Wildman–Crippen LogP) is 6.49. The molecule has 0 unspecified atom stereocenters. The number of para-hydroxylation sites is 3. The highest BCUT2D eigenvalue weighted by atomic mass is 28.4. The number of anilines is 3. The molecule has 0 aromatic heterocycles. The van der Waals surface area contributed by atoms with Crippen LogP contribution in [0.1, 0.15) is 47.7 Å². The minimum absolute atomic E-state index is 0.0165. The van der Waals surface area contributed by atoms with E-state index >= 15 is 4.79 Å². The van der Waals surface area contributed by atoms with Crippen molar-refractivity contribution in [2.45, 2.75) is 69.1 Å². The molecule has 268 valence electrons. The van der Waals surface area contributed by atoms with Crippen molar-refractivity contribution in [1.82, 2.24) is 4.90 Å². The Morgan fingerprint density at radius 1 is 0.923 bits per heavy atom. The number of nitrogens with zero attached hydrogens (tertiary/aromatic N) is 3. The summed E-state index contributed by atoms with van der Waals surface area (Å²) in [5.74, 6) is -0.251. The van der Waals surface area contributed by atoms with Gasteiger partial charge in [-0.05, 0) is 74.0 Å². The molecule has 3 amide bonds. The van der Waals surface area contributed by atoms with Gasteiger partial charge in [0.1, 0.15) is 5.75 Å². The first-order chi connectivity index (χ1) is 25.0. The highest BCUT2D eigenvalue weighted by molar-refractivity contribution is 6.71. The number of carbonyl (C=O) groups is 3. The molecule has 0 radical (unpaired) electrons. The third-order valence-corrected chi connectivity index (χ3v) is 13.8. The molecule has 0 bridgehead atoms. The quantitative estimate of drug-likeness (QED) is 0.210. The lowest BCUT2D eigenvalue weighted by Gasteiger charge is -2.33. The number of aliphatic hydroxyl groups is 1. The topological polar surface area (TPSA) is 120 Å². The van der Waals surface area contributed by atoms with Gasteiger partial charge in [0.15, 0.2) is 19.7 Å². The molecular weight excluding hydrogens is 675 g/mol. The van der Waals surface area contributed by atoms with Crippen molar-refractivity contribution < 1.29 is 33.8 Å². The molecule has 4 heterocycles. The van der Waals surface area contributed by atoms with Crippen LogP contribution in [0.5, 0.6) is 11.5 Å². The standard InChI is InChI=1S/C41H43N3O7Si/c1-26-38(52(2,3)49)36(23-37(46)42-21-11-14-29(42)25-45)51-41(26)31-22-28(19-20-32(31)43(40(41)48)24-27-12-5-4-6-13-27)44-33-16-8-10-18-35(33)50-34-17-9-7-15-30(34)39(44)47/h4-10,12-13,15-20,22,26,29,36,38,45,49H,11,14,21,23-25H2,1-3H3/t26-,29+,36+,38-,41+/m1/s1. The van der Waals surface area contributed by atoms with Gasteiger partial charge in [-0.15, -0.1) is 0 Å². The molecule has 5 atom stereocenters. The summed E-state index contributed by atoms with van der Waals surface area (Å²) >= 11 is 0. The van der Waals surface area contributed by atoms with Gasteiger partial charge in [-0.2, -0.15) is 0 Å². The first kappa shape index (κ1) is 34.3. The monoisotopic (exact) mass is 717 g/mol. The SMILES string of the molecule is C[C@@H]1[C@@H]([Si](C)(C)O)[C@H](CC(=O)N2CCC[C@H]2CO)O[C@@]12C(=O)N(Cc1ccccc1)c1ccc(N3C(=O)c4ccccc4Oc4ccccc43)cc12. The van der Waals surface area contributed by atoms with Crippen LogP contribution in [0.25, 0.3) is 0 Å². The molecule has 4 aromatic carbocycles. The summed E-state index contributed by atoms with van der Waals surface area (Å²) in [5, 5.41) is 9.97. The number of hydrogen-bond acceptors (Lipinski definition) is 7. The predicted molar refractivity (Wildman–Crippen MR) is 199 cm³/mol.